The van der Waals surface area contributed by atoms with Crippen LogP contribution in [0.15, 0.2) is 53.9 Å². The second kappa shape index (κ2) is 12.1. The molecule has 2 aromatic carbocycles. The lowest BCUT2D eigenvalue weighted by atomic mass is 9.93. The third-order valence-electron chi connectivity index (χ3n) is 7.33. The van der Waals surface area contributed by atoms with Gasteiger partial charge in [0, 0.05) is 58.9 Å². The molecule has 212 valence electrons. The summed E-state index contributed by atoms with van der Waals surface area (Å²) in [6.07, 6.45) is 1.65. The summed E-state index contributed by atoms with van der Waals surface area (Å²) in [6, 6.07) is 14.9. The van der Waals surface area contributed by atoms with Crippen LogP contribution in [0, 0.1) is 6.92 Å². The summed E-state index contributed by atoms with van der Waals surface area (Å²) in [6.45, 7) is 8.35. The molecule has 0 radical (unpaired) electrons. The maximum Gasteiger partial charge on any atom is 0.355 e. The SMILES string of the molecule is CCCN(CC)c1ccc(-c2cc3c(cc2C(=O)Nc2ccc(CN)cc2C)-c2sccc2CCO3)c(C(=O)O)n1. The van der Waals surface area contributed by atoms with Gasteiger partial charge >= 0.3 is 5.97 Å². The number of aryl methyl sites for hydroxylation is 1. The molecule has 3 heterocycles. The molecule has 0 spiro atoms. The van der Waals surface area contributed by atoms with Crippen LogP contribution < -0.4 is 20.7 Å². The molecule has 4 aromatic rings. The average Bonchev–Trinajstić information content (AvgIpc) is 3.37. The zero-order chi connectivity index (χ0) is 29.1. The molecule has 2 aromatic heterocycles. The number of ether oxygens (including phenoxy) is 1. The van der Waals surface area contributed by atoms with Crippen molar-refractivity contribution >= 4 is 34.7 Å². The fraction of sp³-hybridized carbons (Fsp3) is 0.281. The lowest BCUT2D eigenvalue weighted by Crippen LogP contribution is -2.25. The highest BCUT2D eigenvalue weighted by molar-refractivity contribution is 7.13. The number of nitrogens with one attached hydrogen (secondary N) is 1. The van der Waals surface area contributed by atoms with Gasteiger partial charge in [-0.1, -0.05) is 19.1 Å². The number of carbonyl (C=O) groups is 2. The number of hydrogen-bond donors (Lipinski definition) is 3. The molecular weight excluding hydrogens is 536 g/mol. The minimum atomic E-state index is -1.16. The number of nitrogens with two attached hydrogens (primary N) is 1. The minimum absolute atomic E-state index is 0.111. The fourth-order valence-corrected chi connectivity index (χ4v) is 6.20. The minimum Gasteiger partial charge on any atom is -0.493 e. The lowest BCUT2D eigenvalue weighted by Gasteiger charge is -2.23. The number of rotatable bonds is 9. The van der Waals surface area contributed by atoms with Crippen LogP contribution in [0.5, 0.6) is 5.75 Å². The van der Waals surface area contributed by atoms with Crippen LogP contribution in [-0.4, -0.2) is 41.7 Å². The number of carboxylic acids is 1. The zero-order valence-corrected chi connectivity index (χ0v) is 24.3. The number of thiophene rings is 1. The first-order valence-electron chi connectivity index (χ1n) is 13.8. The molecule has 0 fully saturated rings. The van der Waals surface area contributed by atoms with Gasteiger partial charge in [0.2, 0.25) is 0 Å². The molecule has 0 bridgehead atoms. The second-order valence-electron chi connectivity index (χ2n) is 10.0. The standard InChI is InChI=1S/C32H34N4O4S/c1-4-12-36(5-2)28-9-7-22(29(35-28)32(38)39)23-17-27-25(30-21(10-13-40-27)11-14-41-30)16-24(23)31(37)34-26-8-6-20(18-33)15-19(26)3/h6-9,11,14-17H,4-5,10,12-13,18,33H2,1-3H3,(H,34,37)(H,38,39). The van der Waals surface area contributed by atoms with Gasteiger partial charge in [-0.15, -0.1) is 11.3 Å². The summed E-state index contributed by atoms with van der Waals surface area (Å²) < 4.78 is 6.15. The van der Waals surface area contributed by atoms with Crippen LogP contribution in [0.1, 0.15) is 57.8 Å². The van der Waals surface area contributed by atoms with Gasteiger partial charge < -0.3 is 25.8 Å². The number of amides is 1. The van der Waals surface area contributed by atoms with Crippen LogP contribution in [-0.2, 0) is 13.0 Å². The van der Waals surface area contributed by atoms with E-state index in [1.807, 2.05) is 54.5 Å². The molecule has 0 saturated heterocycles. The monoisotopic (exact) mass is 570 g/mol. The fourth-order valence-electron chi connectivity index (χ4n) is 5.22. The first-order valence-corrected chi connectivity index (χ1v) is 14.7. The van der Waals surface area contributed by atoms with Crippen molar-refractivity contribution < 1.29 is 19.4 Å². The van der Waals surface area contributed by atoms with Gasteiger partial charge in [-0.05, 0) is 78.7 Å². The van der Waals surface area contributed by atoms with E-state index in [4.69, 9.17) is 10.5 Å². The van der Waals surface area contributed by atoms with Crippen molar-refractivity contribution in [2.24, 2.45) is 5.73 Å². The molecule has 9 heteroatoms. The predicted octanol–water partition coefficient (Wildman–Crippen LogP) is 6.37. The van der Waals surface area contributed by atoms with Gasteiger partial charge in [-0.25, -0.2) is 9.78 Å². The van der Waals surface area contributed by atoms with Crippen molar-refractivity contribution in [2.45, 2.75) is 40.2 Å². The van der Waals surface area contributed by atoms with Gasteiger partial charge in [-0.2, -0.15) is 0 Å². The largest absolute Gasteiger partial charge is 0.493 e. The summed E-state index contributed by atoms with van der Waals surface area (Å²) in [5.41, 5.74) is 11.3. The second-order valence-corrected chi connectivity index (χ2v) is 10.9. The van der Waals surface area contributed by atoms with Crippen molar-refractivity contribution in [2.75, 3.05) is 29.9 Å². The molecule has 5 rings (SSSR count). The van der Waals surface area contributed by atoms with Gasteiger partial charge in [0.05, 0.1) is 6.61 Å². The Balaban J connectivity index is 1.68. The first kappa shape index (κ1) is 28.3. The normalized spacial score (nSPS) is 12.1. The molecule has 1 aliphatic rings. The van der Waals surface area contributed by atoms with E-state index in [1.165, 1.54) is 0 Å². The summed E-state index contributed by atoms with van der Waals surface area (Å²) in [4.78, 5) is 34.2. The lowest BCUT2D eigenvalue weighted by molar-refractivity contribution is 0.0691. The number of carboxylic acid groups (broad SMARTS) is 1. The Morgan fingerprint density at radius 1 is 1.10 bits per heavy atom. The smallest absolute Gasteiger partial charge is 0.355 e. The molecule has 0 saturated carbocycles. The van der Waals surface area contributed by atoms with Crippen molar-refractivity contribution in [1.29, 1.82) is 0 Å². The number of aromatic carboxylic acids is 1. The number of hydrogen-bond acceptors (Lipinski definition) is 7. The summed E-state index contributed by atoms with van der Waals surface area (Å²) >= 11 is 1.60. The van der Waals surface area contributed by atoms with Crippen molar-refractivity contribution in [3.05, 3.63) is 81.9 Å². The molecule has 8 nitrogen and oxygen atoms in total. The Kier molecular flexibility index (Phi) is 8.37. The third-order valence-corrected chi connectivity index (χ3v) is 8.32. The van der Waals surface area contributed by atoms with Crippen LogP contribution >= 0.6 is 11.3 Å². The maximum atomic E-state index is 14.0. The Hall–Kier alpha value is -4.21. The average molecular weight is 571 g/mol. The number of carbonyl (C=O) groups excluding carboxylic acids is 1. The summed E-state index contributed by atoms with van der Waals surface area (Å²) in [7, 11) is 0. The van der Waals surface area contributed by atoms with E-state index >= 15 is 0 Å². The van der Waals surface area contributed by atoms with Crippen LogP contribution in [0.2, 0.25) is 0 Å². The molecule has 41 heavy (non-hydrogen) atoms. The Labute approximate surface area is 243 Å². The summed E-state index contributed by atoms with van der Waals surface area (Å²) in [5.74, 6) is -0.310. The predicted molar refractivity (Wildman–Crippen MR) is 164 cm³/mol. The molecule has 1 aliphatic heterocycles. The maximum absolute atomic E-state index is 14.0. The van der Waals surface area contributed by atoms with Crippen molar-refractivity contribution in [3.8, 4) is 27.3 Å². The van der Waals surface area contributed by atoms with E-state index in [-0.39, 0.29) is 11.6 Å². The number of nitrogens with zero attached hydrogens (tertiary/aromatic N) is 2. The van der Waals surface area contributed by atoms with Gasteiger partial charge in [-0.3, -0.25) is 4.79 Å². The van der Waals surface area contributed by atoms with Crippen molar-refractivity contribution in [3.63, 3.8) is 0 Å². The van der Waals surface area contributed by atoms with Crippen molar-refractivity contribution in [1.82, 2.24) is 4.98 Å². The van der Waals surface area contributed by atoms with Crippen LogP contribution in [0.25, 0.3) is 21.6 Å². The van der Waals surface area contributed by atoms with Crippen LogP contribution in [0.3, 0.4) is 0 Å². The Morgan fingerprint density at radius 3 is 2.63 bits per heavy atom. The molecular formula is C32H34N4O4S. The number of aromatic nitrogens is 1. The van der Waals surface area contributed by atoms with E-state index in [1.54, 1.807) is 23.5 Å². The topological polar surface area (TPSA) is 118 Å². The number of anilines is 2. The quantitative estimate of drug-likeness (QED) is 0.214. The molecule has 0 aliphatic carbocycles. The van der Waals surface area contributed by atoms with E-state index in [2.05, 4.69) is 23.3 Å². The van der Waals surface area contributed by atoms with Gasteiger partial charge in [0.15, 0.2) is 5.69 Å². The highest BCUT2D eigenvalue weighted by Crippen LogP contribution is 2.43. The number of benzene rings is 2. The summed E-state index contributed by atoms with van der Waals surface area (Å²) in [5, 5.41) is 15.3. The highest BCUT2D eigenvalue weighted by Gasteiger charge is 2.26. The van der Waals surface area contributed by atoms with E-state index in [0.29, 0.717) is 53.6 Å². The van der Waals surface area contributed by atoms with E-state index in [9.17, 15) is 14.7 Å². The third kappa shape index (κ3) is 5.68. The van der Waals surface area contributed by atoms with Gasteiger partial charge in [0.1, 0.15) is 11.6 Å². The first-order chi connectivity index (χ1) is 19.8. The van der Waals surface area contributed by atoms with E-state index in [0.717, 1.165) is 46.5 Å². The molecule has 1 amide bonds. The van der Waals surface area contributed by atoms with E-state index < -0.39 is 5.97 Å². The zero-order valence-electron chi connectivity index (χ0n) is 23.5. The molecule has 0 unspecified atom stereocenters. The highest BCUT2D eigenvalue weighted by atomic mass is 32.1. The molecule has 4 N–H and O–H groups in total. The van der Waals surface area contributed by atoms with Crippen LogP contribution in [0.4, 0.5) is 11.5 Å². The van der Waals surface area contributed by atoms with Gasteiger partial charge in [0.25, 0.3) is 5.91 Å². The Bertz CT molecular complexity index is 1610. The number of fused-ring (bicyclic) bond motifs is 3. The number of pyridine rings is 1. The Morgan fingerprint density at radius 2 is 1.93 bits per heavy atom. The molecule has 0 atom stereocenters.